The number of nitrogens with zero attached hydrogens (tertiary/aromatic N) is 2. The summed E-state index contributed by atoms with van der Waals surface area (Å²) >= 11 is 0. The Morgan fingerprint density at radius 2 is 0.684 bits per heavy atom. The first-order valence-corrected chi connectivity index (χ1v) is 35.9. The van der Waals surface area contributed by atoms with Crippen molar-refractivity contribution in [2.45, 2.75) is 235 Å². The van der Waals surface area contributed by atoms with E-state index in [1.54, 1.807) is 15.6 Å². The molecule has 0 heterocycles. The summed E-state index contributed by atoms with van der Waals surface area (Å²) in [4.78, 5) is 5.49. The fourth-order valence-corrected chi connectivity index (χ4v) is 22.5. The summed E-state index contributed by atoms with van der Waals surface area (Å²) in [5, 5.41) is 9.82. The third-order valence-corrected chi connectivity index (χ3v) is 26.6. The molecular formula is C74H106N2Si3. The molecule has 0 bridgehead atoms. The molecule has 7 aromatic rings. The third-order valence-electron chi connectivity index (χ3n) is 17.0. The molecule has 424 valence electrons. The molecule has 0 aliphatic heterocycles. The van der Waals surface area contributed by atoms with Crippen LogP contribution in [0.5, 0.6) is 0 Å². The van der Waals surface area contributed by atoms with Gasteiger partial charge >= 0.3 is 0 Å². The van der Waals surface area contributed by atoms with Crippen LogP contribution < -0.4 is 25.4 Å². The lowest BCUT2D eigenvalue weighted by Gasteiger charge is -2.36. The van der Waals surface area contributed by atoms with Gasteiger partial charge in [0.2, 0.25) is 0 Å². The summed E-state index contributed by atoms with van der Waals surface area (Å²) in [7, 11) is -3.44. The van der Waals surface area contributed by atoms with Gasteiger partial charge in [0.1, 0.15) is 0 Å². The van der Waals surface area contributed by atoms with Gasteiger partial charge in [0.25, 0.3) is 0 Å². The molecule has 0 atom stereocenters. The molecular weight excluding hydrogens is 1000 g/mol. The summed E-state index contributed by atoms with van der Waals surface area (Å²) in [6.07, 6.45) is 0. The van der Waals surface area contributed by atoms with E-state index in [2.05, 4.69) is 305 Å². The van der Waals surface area contributed by atoms with Crippen LogP contribution >= 0.6 is 0 Å². The predicted octanol–water partition coefficient (Wildman–Crippen LogP) is 19.9. The van der Waals surface area contributed by atoms with Crippen LogP contribution in [0.2, 0.25) is 27.7 Å². The van der Waals surface area contributed by atoms with Gasteiger partial charge in [-0.05, 0) is 144 Å². The number of hydrogen-bond acceptors (Lipinski definition) is 2. The van der Waals surface area contributed by atoms with E-state index in [1.165, 1.54) is 89.0 Å². The Kier molecular flexibility index (Phi) is 18.0. The molecule has 5 heteroatoms. The van der Waals surface area contributed by atoms with Crippen LogP contribution in [0.1, 0.15) is 206 Å². The summed E-state index contributed by atoms with van der Waals surface area (Å²) in [5.74, 6) is 0. The van der Waals surface area contributed by atoms with E-state index in [0.717, 1.165) is 0 Å². The van der Waals surface area contributed by atoms with Crippen molar-refractivity contribution in [1.29, 1.82) is 0 Å². The number of anilines is 6. The van der Waals surface area contributed by atoms with Gasteiger partial charge in [-0.25, -0.2) is 0 Å². The number of hydrogen-bond donors (Lipinski definition) is 0. The van der Waals surface area contributed by atoms with Crippen LogP contribution in [0.25, 0.3) is 21.5 Å². The van der Waals surface area contributed by atoms with Gasteiger partial charge in [-0.3, -0.25) is 0 Å². The monoisotopic (exact) mass is 1110 g/mol. The Balaban J connectivity index is 1.80. The first kappa shape index (κ1) is 61.9. The number of aryl methyl sites for hydroxylation is 1. The first-order chi connectivity index (χ1) is 36.4. The highest BCUT2D eigenvalue weighted by Crippen LogP contribution is 2.53. The number of rotatable bonds is 14. The van der Waals surface area contributed by atoms with Gasteiger partial charge in [-0.2, -0.15) is 0 Å². The predicted molar refractivity (Wildman–Crippen MR) is 366 cm³/mol. The van der Waals surface area contributed by atoms with Gasteiger partial charge in [0.15, 0.2) is 0 Å². The van der Waals surface area contributed by atoms with E-state index in [9.17, 15) is 0 Å². The van der Waals surface area contributed by atoms with Crippen molar-refractivity contribution in [2.24, 2.45) is 0 Å². The fraction of sp³-hybridized carbons (Fsp3) is 0.486. The SMILES string of the molecule is Cc1cc(N(c2cc(C(C)(C)C)cc(C(C)(C)C)c2)c2c3ccccc3c(N(c3cc([SiH2]C(C)C)cc([SiH](C(C)C)C(C)C)c3)c3cc(C(C)(C)C)cc(C(C)(C)C)c3)c3ccc(C(C)(C)C)cc23)cc([SiH](C(C)C)C(C)C)c1. The van der Waals surface area contributed by atoms with Crippen LogP contribution in [-0.2, 0) is 27.1 Å². The highest BCUT2D eigenvalue weighted by atomic mass is 28.3. The molecule has 7 rings (SSSR count). The summed E-state index contributed by atoms with van der Waals surface area (Å²) in [5.41, 5.74) is 18.4. The number of benzene rings is 7. The molecule has 0 unspecified atom stereocenters. The minimum atomic E-state index is -1.43. The Bertz CT molecular complexity index is 3220. The second-order valence-electron chi connectivity index (χ2n) is 31.1. The normalized spacial score (nSPS) is 13.4. The minimum absolute atomic E-state index is 0.0736. The van der Waals surface area contributed by atoms with Crippen molar-refractivity contribution in [2.75, 3.05) is 9.80 Å². The molecule has 0 fully saturated rings. The standard InChI is InChI=1S/C74H106N2Si3/c1-46(2)77-61-42-60(44-63(45-61)79(49(7)8)50(9)10)76(59-39-55(73(21,22)23)36-56(40-59)74(24,25)26)68-64-29-27-28-30-65(64)69(67-41-52(70(12,13)14)31-32-66(67)68)75(57-33-51(11)34-62(43-57)78(47(3)4)48(5)6)58-37-53(71(15,16)17)35-54(38-58)72(18,19)20/h27-50,78-79H,77H2,1-26H3. The maximum atomic E-state index is 2.76. The van der Waals surface area contributed by atoms with Gasteiger partial charge < -0.3 is 9.80 Å². The second kappa shape index (κ2) is 22.9. The van der Waals surface area contributed by atoms with E-state index in [0.29, 0.717) is 27.7 Å². The zero-order valence-corrected chi connectivity index (χ0v) is 58.3. The largest absolute Gasteiger partial charge is 0.309 e. The lowest BCUT2D eigenvalue weighted by Crippen LogP contribution is -2.39. The van der Waals surface area contributed by atoms with E-state index in [4.69, 9.17) is 0 Å². The zero-order chi connectivity index (χ0) is 58.8. The maximum Gasteiger partial charge on any atom is 0.0759 e. The molecule has 0 aliphatic carbocycles. The quantitative estimate of drug-likeness (QED) is 0.0608. The molecule has 0 aliphatic rings. The van der Waals surface area contributed by atoms with E-state index >= 15 is 0 Å². The van der Waals surface area contributed by atoms with Crippen molar-refractivity contribution >= 4 is 98.3 Å². The molecule has 79 heavy (non-hydrogen) atoms. The van der Waals surface area contributed by atoms with Crippen LogP contribution in [-0.4, -0.2) is 27.1 Å². The molecule has 0 radical (unpaired) electrons. The molecule has 0 saturated carbocycles. The van der Waals surface area contributed by atoms with Crippen LogP contribution in [0.15, 0.2) is 115 Å². The molecule has 0 aromatic heterocycles. The molecule has 0 amide bonds. The Labute approximate surface area is 488 Å². The Morgan fingerprint density at radius 3 is 1.05 bits per heavy atom. The highest BCUT2D eigenvalue weighted by molar-refractivity contribution is 6.76. The molecule has 0 saturated heterocycles. The lowest BCUT2D eigenvalue weighted by molar-refractivity contribution is 0.568. The van der Waals surface area contributed by atoms with E-state index in [-0.39, 0.29) is 27.1 Å². The van der Waals surface area contributed by atoms with Crippen molar-refractivity contribution in [1.82, 2.24) is 0 Å². The van der Waals surface area contributed by atoms with E-state index in [1.807, 2.05) is 0 Å². The molecule has 2 nitrogen and oxygen atoms in total. The van der Waals surface area contributed by atoms with Crippen LogP contribution in [0, 0.1) is 6.92 Å². The molecule has 0 N–H and O–H groups in total. The van der Waals surface area contributed by atoms with Crippen molar-refractivity contribution < 1.29 is 0 Å². The summed E-state index contributed by atoms with van der Waals surface area (Å²) in [6, 6.07) is 47.9. The highest BCUT2D eigenvalue weighted by Gasteiger charge is 2.33. The Hall–Kier alpha value is -4.69. The zero-order valence-electron chi connectivity index (χ0n) is 54.6. The van der Waals surface area contributed by atoms with Crippen LogP contribution in [0.3, 0.4) is 0 Å². The Morgan fingerprint density at radius 1 is 0.342 bits per heavy atom. The van der Waals surface area contributed by atoms with E-state index < -0.39 is 27.1 Å². The van der Waals surface area contributed by atoms with Gasteiger partial charge in [0.05, 0.1) is 38.5 Å². The second-order valence-corrected chi connectivity index (χ2v) is 42.7. The first-order valence-electron chi connectivity index (χ1n) is 30.5. The molecule has 7 aromatic carbocycles. The lowest BCUT2D eigenvalue weighted by atomic mass is 9.80. The molecule has 0 spiro atoms. The average molecular weight is 1110 g/mol. The summed E-state index contributed by atoms with van der Waals surface area (Å²) in [6.45, 7) is 62.9. The van der Waals surface area contributed by atoms with Crippen molar-refractivity contribution in [3.63, 3.8) is 0 Å². The van der Waals surface area contributed by atoms with Crippen LogP contribution in [0.4, 0.5) is 34.1 Å². The maximum absolute atomic E-state index is 2.76. The average Bonchev–Trinajstić information content (AvgIpc) is 3.34. The fourth-order valence-electron chi connectivity index (χ4n) is 12.9. The smallest absolute Gasteiger partial charge is 0.0759 e. The van der Waals surface area contributed by atoms with Crippen molar-refractivity contribution in [3.05, 3.63) is 149 Å². The van der Waals surface area contributed by atoms with Crippen molar-refractivity contribution in [3.8, 4) is 0 Å². The minimum Gasteiger partial charge on any atom is -0.309 e. The summed E-state index contributed by atoms with van der Waals surface area (Å²) < 4.78 is 0. The van der Waals surface area contributed by atoms with Gasteiger partial charge in [-0.15, -0.1) is 0 Å². The topological polar surface area (TPSA) is 6.48 Å². The van der Waals surface area contributed by atoms with Gasteiger partial charge in [0, 0.05) is 44.3 Å². The number of fused-ring (bicyclic) bond motifs is 2. The third kappa shape index (κ3) is 13.6. The van der Waals surface area contributed by atoms with Gasteiger partial charge in [-0.1, -0.05) is 255 Å².